The molecule has 21 heavy (non-hydrogen) atoms. The molecule has 0 aliphatic heterocycles. The van der Waals surface area contributed by atoms with Crippen LogP contribution in [0.4, 0.5) is 0 Å². The van der Waals surface area contributed by atoms with Crippen LogP contribution < -0.4 is 0 Å². The van der Waals surface area contributed by atoms with E-state index in [4.69, 9.17) is 0 Å². The average molecular weight is 273 g/mol. The van der Waals surface area contributed by atoms with Crippen molar-refractivity contribution in [3.63, 3.8) is 0 Å². The summed E-state index contributed by atoms with van der Waals surface area (Å²) in [5.74, 6) is 0. The molecule has 1 nitrogen and oxygen atoms in total. The fraction of sp³-hybridized carbons (Fsp3) is 0.150. The van der Waals surface area contributed by atoms with E-state index in [1.807, 2.05) is 12.3 Å². The maximum absolute atomic E-state index is 4.68. The van der Waals surface area contributed by atoms with Crippen molar-refractivity contribution in [1.82, 2.24) is 4.98 Å². The maximum atomic E-state index is 4.68. The highest BCUT2D eigenvalue weighted by Gasteiger charge is 2.07. The van der Waals surface area contributed by atoms with Gasteiger partial charge in [-0.25, -0.2) is 0 Å². The molecule has 0 bridgehead atoms. The highest BCUT2D eigenvalue weighted by atomic mass is 14.7. The molecule has 1 aromatic heterocycles. The molecule has 0 spiro atoms. The first-order chi connectivity index (χ1) is 10.1. The Balaban J connectivity index is 2.06. The van der Waals surface area contributed by atoms with Gasteiger partial charge in [0.15, 0.2) is 0 Å². The Morgan fingerprint density at radius 3 is 2.10 bits per heavy atom. The zero-order valence-corrected chi connectivity index (χ0v) is 12.7. The Labute approximate surface area is 126 Å². The van der Waals surface area contributed by atoms with E-state index in [0.717, 1.165) is 5.69 Å². The molecule has 104 valence electrons. The van der Waals surface area contributed by atoms with E-state index in [1.165, 1.54) is 33.4 Å². The summed E-state index contributed by atoms with van der Waals surface area (Å²) in [5, 5.41) is 0. The third-order valence-corrected chi connectivity index (χ3v) is 3.85. The minimum atomic E-state index is 1.05. The molecule has 0 aliphatic carbocycles. The van der Waals surface area contributed by atoms with Crippen molar-refractivity contribution < 1.29 is 0 Å². The summed E-state index contributed by atoms with van der Waals surface area (Å²) in [4.78, 5) is 4.68. The lowest BCUT2D eigenvalue weighted by molar-refractivity contribution is 1.27. The van der Waals surface area contributed by atoms with E-state index in [-0.39, 0.29) is 0 Å². The van der Waals surface area contributed by atoms with Crippen LogP contribution in [0.1, 0.15) is 16.7 Å². The van der Waals surface area contributed by atoms with Crippen LogP contribution in [-0.2, 0) is 0 Å². The molecule has 0 fully saturated rings. The van der Waals surface area contributed by atoms with Crippen LogP contribution in [-0.4, -0.2) is 4.98 Å². The topological polar surface area (TPSA) is 12.9 Å². The Hall–Kier alpha value is -2.41. The highest BCUT2D eigenvalue weighted by Crippen LogP contribution is 2.28. The molecular weight excluding hydrogens is 254 g/mol. The van der Waals surface area contributed by atoms with Crippen LogP contribution in [0.2, 0.25) is 0 Å². The lowest BCUT2D eigenvalue weighted by Gasteiger charge is -2.10. The lowest BCUT2D eigenvalue weighted by Crippen LogP contribution is -1.92. The summed E-state index contributed by atoms with van der Waals surface area (Å²) in [5.41, 5.74) is 8.49. The number of pyridine rings is 1. The van der Waals surface area contributed by atoms with Crippen LogP contribution in [0.5, 0.6) is 0 Å². The minimum absolute atomic E-state index is 1.05. The van der Waals surface area contributed by atoms with Crippen LogP contribution >= 0.6 is 0 Å². The van der Waals surface area contributed by atoms with Crippen LogP contribution in [0, 0.1) is 20.8 Å². The quantitative estimate of drug-likeness (QED) is 0.614. The molecule has 0 unspecified atom stereocenters. The fourth-order valence-corrected chi connectivity index (χ4v) is 2.72. The first kappa shape index (κ1) is 13.6. The summed E-state index contributed by atoms with van der Waals surface area (Å²) in [6.45, 7) is 6.41. The van der Waals surface area contributed by atoms with Gasteiger partial charge in [-0.2, -0.15) is 0 Å². The van der Waals surface area contributed by atoms with Gasteiger partial charge in [-0.3, -0.25) is 4.98 Å². The SMILES string of the molecule is Cc1ccc(-c2cc(C)c(-c3ccccc3)cn2)c(C)c1. The van der Waals surface area contributed by atoms with Crippen molar-refractivity contribution >= 4 is 0 Å². The van der Waals surface area contributed by atoms with Crippen molar-refractivity contribution in [3.8, 4) is 22.4 Å². The number of hydrogen-bond donors (Lipinski definition) is 0. The number of hydrogen-bond acceptors (Lipinski definition) is 1. The number of rotatable bonds is 2. The molecule has 0 radical (unpaired) electrons. The summed E-state index contributed by atoms with van der Waals surface area (Å²) in [6, 6.07) is 19.1. The first-order valence-electron chi connectivity index (χ1n) is 7.25. The van der Waals surface area contributed by atoms with Crippen molar-refractivity contribution in [2.45, 2.75) is 20.8 Å². The molecule has 3 aromatic rings. The molecule has 2 aromatic carbocycles. The number of aryl methyl sites for hydroxylation is 3. The molecule has 0 saturated carbocycles. The molecule has 1 heterocycles. The number of aromatic nitrogens is 1. The Morgan fingerprint density at radius 1 is 0.714 bits per heavy atom. The van der Waals surface area contributed by atoms with Gasteiger partial charge in [-0.15, -0.1) is 0 Å². The maximum Gasteiger partial charge on any atom is 0.0707 e. The smallest absolute Gasteiger partial charge is 0.0707 e. The second-order valence-electron chi connectivity index (χ2n) is 5.57. The van der Waals surface area contributed by atoms with Gasteiger partial charge in [-0.05, 0) is 43.5 Å². The zero-order chi connectivity index (χ0) is 14.8. The van der Waals surface area contributed by atoms with Crippen LogP contribution in [0.3, 0.4) is 0 Å². The molecule has 3 rings (SSSR count). The van der Waals surface area contributed by atoms with E-state index < -0.39 is 0 Å². The summed E-state index contributed by atoms with van der Waals surface area (Å²) in [7, 11) is 0. The van der Waals surface area contributed by atoms with Gasteiger partial charge in [0, 0.05) is 17.3 Å². The van der Waals surface area contributed by atoms with Gasteiger partial charge >= 0.3 is 0 Å². The lowest BCUT2D eigenvalue weighted by atomic mass is 9.98. The highest BCUT2D eigenvalue weighted by molar-refractivity contribution is 5.71. The van der Waals surface area contributed by atoms with E-state index in [1.54, 1.807) is 0 Å². The Kier molecular flexibility index (Phi) is 3.57. The third-order valence-electron chi connectivity index (χ3n) is 3.85. The van der Waals surface area contributed by atoms with E-state index in [0.29, 0.717) is 0 Å². The largest absolute Gasteiger partial charge is 0.256 e. The van der Waals surface area contributed by atoms with Gasteiger partial charge < -0.3 is 0 Å². The van der Waals surface area contributed by atoms with Crippen LogP contribution in [0.25, 0.3) is 22.4 Å². The number of benzene rings is 2. The Bertz CT molecular complexity index is 773. The van der Waals surface area contributed by atoms with E-state index in [9.17, 15) is 0 Å². The predicted octanol–water partition coefficient (Wildman–Crippen LogP) is 5.34. The number of nitrogens with zero attached hydrogens (tertiary/aromatic N) is 1. The van der Waals surface area contributed by atoms with Gasteiger partial charge in [0.2, 0.25) is 0 Å². The molecule has 0 saturated heterocycles. The normalized spacial score (nSPS) is 10.6. The van der Waals surface area contributed by atoms with Crippen molar-refractivity contribution in [3.05, 3.63) is 77.5 Å². The molecule has 0 N–H and O–H groups in total. The Morgan fingerprint density at radius 2 is 1.43 bits per heavy atom. The summed E-state index contributed by atoms with van der Waals surface area (Å²) < 4.78 is 0. The zero-order valence-electron chi connectivity index (χ0n) is 12.7. The second kappa shape index (κ2) is 5.53. The van der Waals surface area contributed by atoms with Crippen molar-refractivity contribution in [1.29, 1.82) is 0 Å². The van der Waals surface area contributed by atoms with Crippen molar-refractivity contribution in [2.75, 3.05) is 0 Å². The molecular formula is C20H19N. The molecule has 0 amide bonds. The monoisotopic (exact) mass is 273 g/mol. The van der Waals surface area contributed by atoms with Gasteiger partial charge in [0.05, 0.1) is 5.69 Å². The first-order valence-corrected chi connectivity index (χ1v) is 7.25. The predicted molar refractivity (Wildman–Crippen MR) is 89.3 cm³/mol. The van der Waals surface area contributed by atoms with Gasteiger partial charge in [-0.1, -0.05) is 54.1 Å². The molecule has 0 aliphatic rings. The third kappa shape index (κ3) is 2.73. The summed E-state index contributed by atoms with van der Waals surface area (Å²) in [6.07, 6.45) is 1.99. The molecule has 0 atom stereocenters. The standard InChI is InChI=1S/C20H19N/c1-14-9-10-18(15(2)11-14)20-12-16(3)19(13-21-20)17-7-5-4-6-8-17/h4-13H,1-3H3. The summed E-state index contributed by atoms with van der Waals surface area (Å²) >= 11 is 0. The van der Waals surface area contributed by atoms with Crippen molar-refractivity contribution in [2.24, 2.45) is 0 Å². The average Bonchev–Trinajstić information content (AvgIpc) is 2.48. The molecule has 1 heteroatoms. The van der Waals surface area contributed by atoms with Gasteiger partial charge in [0.1, 0.15) is 0 Å². The van der Waals surface area contributed by atoms with E-state index in [2.05, 4.69) is 74.3 Å². The second-order valence-corrected chi connectivity index (χ2v) is 5.57. The van der Waals surface area contributed by atoms with E-state index >= 15 is 0 Å². The fourth-order valence-electron chi connectivity index (χ4n) is 2.72. The van der Waals surface area contributed by atoms with Gasteiger partial charge in [0.25, 0.3) is 0 Å². The minimum Gasteiger partial charge on any atom is -0.256 e. The van der Waals surface area contributed by atoms with Crippen LogP contribution in [0.15, 0.2) is 60.8 Å².